The predicted molar refractivity (Wildman–Crippen MR) is 42.5 cm³/mol. The molecule has 0 aromatic carbocycles. The zero-order valence-electron chi connectivity index (χ0n) is 6.19. The number of carbonyl (C=O) groups is 1. The first-order valence-electron chi connectivity index (χ1n) is 3.07. The van der Waals surface area contributed by atoms with E-state index in [9.17, 15) is 4.79 Å². The average molecular weight is 155 g/mol. The molecular weight excluding hydrogens is 145 g/mol. The maximum absolute atomic E-state index is 10.1. The molecule has 0 aromatic rings. The highest BCUT2D eigenvalue weighted by atomic mass is 16.4. The van der Waals surface area contributed by atoms with Crippen LogP contribution in [0.2, 0.25) is 0 Å². The number of aldehydes is 1. The Hall–Kier alpha value is -1.07. The SMILES string of the molecule is CN/C=C\C=C(/C=O)B(O)O. The lowest BCUT2D eigenvalue weighted by Gasteiger charge is -1.92. The van der Waals surface area contributed by atoms with Crippen LogP contribution in [0.3, 0.4) is 0 Å². The van der Waals surface area contributed by atoms with Gasteiger partial charge in [0.25, 0.3) is 0 Å². The van der Waals surface area contributed by atoms with E-state index in [1.165, 1.54) is 12.2 Å². The van der Waals surface area contributed by atoms with Crippen molar-refractivity contribution in [2.24, 2.45) is 0 Å². The third kappa shape index (κ3) is 4.35. The molecule has 0 rings (SSSR count). The minimum absolute atomic E-state index is 0.0727. The maximum Gasteiger partial charge on any atom is 0.491 e. The van der Waals surface area contributed by atoms with Crippen molar-refractivity contribution in [1.82, 2.24) is 5.32 Å². The van der Waals surface area contributed by atoms with E-state index in [-0.39, 0.29) is 5.47 Å². The summed E-state index contributed by atoms with van der Waals surface area (Å²) in [4.78, 5) is 10.1. The monoisotopic (exact) mass is 155 g/mol. The van der Waals surface area contributed by atoms with Gasteiger partial charge in [0.1, 0.15) is 6.29 Å². The van der Waals surface area contributed by atoms with Crippen molar-refractivity contribution in [3.8, 4) is 0 Å². The van der Waals surface area contributed by atoms with Crippen LogP contribution in [0.15, 0.2) is 23.8 Å². The molecule has 11 heavy (non-hydrogen) atoms. The van der Waals surface area contributed by atoms with Crippen molar-refractivity contribution in [1.29, 1.82) is 0 Å². The summed E-state index contributed by atoms with van der Waals surface area (Å²) in [6.45, 7) is 0. The molecule has 5 heteroatoms. The minimum Gasteiger partial charge on any atom is -0.423 e. The zero-order valence-corrected chi connectivity index (χ0v) is 6.19. The van der Waals surface area contributed by atoms with Crippen molar-refractivity contribution in [3.05, 3.63) is 23.8 Å². The number of rotatable bonds is 4. The van der Waals surface area contributed by atoms with Gasteiger partial charge in [-0.2, -0.15) is 0 Å². The molecule has 0 aliphatic heterocycles. The lowest BCUT2D eigenvalue weighted by Crippen LogP contribution is -2.16. The van der Waals surface area contributed by atoms with Gasteiger partial charge in [0.15, 0.2) is 0 Å². The highest BCUT2D eigenvalue weighted by molar-refractivity contribution is 6.56. The van der Waals surface area contributed by atoms with Crippen LogP contribution < -0.4 is 5.32 Å². The fourth-order valence-corrected chi connectivity index (χ4v) is 0.442. The number of hydrogen-bond acceptors (Lipinski definition) is 4. The molecule has 0 amide bonds. The number of nitrogens with one attached hydrogen (secondary N) is 1. The fourth-order valence-electron chi connectivity index (χ4n) is 0.442. The van der Waals surface area contributed by atoms with E-state index in [1.807, 2.05) is 0 Å². The van der Waals surface area contributed by atoms with Crippen molar-refractivity contribution in [2.45, 2.75) is 0 Å². The standard InChI is InChI=1S/C6H10BNO3/c1-8-4-2-3-6(5-9)7(10)11/h2-5,8,10-11H,1H3/b4-2-,6-3+. The van der Waals surface area contributed by atoms with E-state index in [0.717, 1.165) is 0 Å². The van der Waals surface area contributed by atoms with Gasteiger partial charge in [-0.05, 0) is 12.3 Å². The lowest BCUT2D eigenvalue weighted by atomic mass is 9.80. The van der Waals surface area contributed by atoms with Crippen LogP contribution in [0.4, 0.5) is 0 Å². The van der Waals surface area contributed by atoms with Gasteiger partial charge in [0.05, 0.1) is 0 Å². The summed E-state index contributed by atoms with van der Waals surface area (Å²) in [7, 11) is -0.00525. The maximum atomic E-state index is 10.1. The van der Waals surface area contributed by atoms with Gasteiger partial charge in [-0.25, -0.2) is 0 Å². The van der Waals surface area contributed by atoms with E-state index in [2.05, 4.69) is 5.32 Å². The molecule has 0 saturated heterocycles. The van der Waals surface area contributed by atoms with Crippen molar-refractivity contribution >= 4 is 13.4 Å². The van der Waals surface area contributed by atoms with Crippen LogP contribution in [0.5, 0.6) is 0 Å². The molecule has 60 valence electrons. The van der Waals surface area contributed by atoms with E-state index in [0.29, 0.717) is 6.29 Å². The molecular formula is C6H10BNO3. The normalized spacial score (nSPS) is 11.7. The average Bonchev–Trinajstić information content (AvgIpc) is 1.97. The Morgan fingerprint density at radius 2 is 2.18 bits per heavy atom. The molecule has 0 radical (unpaired) electrons. The molecule has 0 fully saturated rings. The summed E-state index contributed by atoms with van der Waals surface area (Å²) < 4.78 is 0. The van der Waals surface area contributed by atoms with E-state index < -0.39 is 7.12 Å². The topological polar surface area (TPSA) is 69.6 Å². The Morgan fingerprint density at radius 1 is 1.55 bits per heavy atom. The summed E-state index contributed by atoms with van der Waals surface area (Å²) in [6.07, 6.45) is 4.77. The minimum atomic E-state index is -1.70. The van der Waals surface area contributed by atoms with Crippen LogP contribution in [-0.2, 0) is 4.79 Å². The third-order valence-corrected chi connectivity index (χ3v) is 0.986. The van der Waals surface area contributed by atoms with Crippen LogP contribution in [-0.4, -0.2) is 30.5 Å². The van der Waals surface area contributed by atoms with Gasteiger partial charge in [-0.3, -0.25) is 4.79 Å². The van der Waals surface area contributed by atoms with Crippen LogP contribution >= 0.6 is 0 Å². The smallest absolute Gasteiger partial charge is 0.423 e. The summed E-state index contributed by atoms with van der Waals surface area (Å²) in [5.74, 6) is 0. The molecule has 0 heterocycles. The first kappa shape index (κ1) is 9.93. The van der Waals surface area contributed by atoms with Crippen molar-refractivity contribution in [2.75, 3.05) is 7.05 Å². The van der Waals surface area contributed by atoms with Gasteiger partial charge >= 0.3 is 7.12 Å². The predicted octanol–water partition coefficient (Wildman–Crippen LogP) is -1.14. The van der Waals surface area contributed by atoms with Crippen LogP contribution in [0.25, 0.3) is 0 Å². The third-order valence-electron chi connectivity index (χ3n) is 0.986. The summed E-state index contributed by atoms with van der Waals surface area (Å²) in [6, 6.07) is 0. The van der Waals surface area contributed by atoms with E-state index >= 15 is 0 Å². The van der Waals surface area contributed by atoms with Crippen molar-refractivity contribution in [3.63, 3.8) is 0 Å². The zero-order chi connectivity index (χ0) is 8.69. The van der Waals surface area contributed by atoms with Crippen LogP contribution in [0.1, 0.15) is 0 Å². The summed E-state index contributed by atoms with van der Waals surface area (Å²) in [5, 5.41) is 19.7. The quantitative estimate of drug-likeness (QED) is 0.207. The molecule has 3 N–H and O–H groups in total. The molecule has 0 aromatic heterocycles. The Bertz CT molecular complexity index is 177. The molecule has 4 nitrogen and oxygen atoms in total. The largest absolute Gasteiger partial charge is 0.491 e. The van der Waals surface area contributed by atoms with Crippen LogP contribution in [0, 0.1) is 0 Å². The summed E-state index contributed by atoms with van der Waals surface area (Å²) in [5.41, 5.74) is -0.0727. The first-order valence-corrected chi connectivity index (χ1v) is 3.07. The Labute approximate surface area is 65.4 Å². The number of hydrogen-bond donors (Lipinski definition) is 3. The molecule has 0 unspecified atom stereocenters. The fraction of sp³-hybridized carbons (Fsp3) is 0.167. The van der Waals surface area contributed by atoms with Gasteiger partial charge < -0.3 is 15.4 Å². The summed E-state index contributed by atoms with van der Waals surface area (Å²) >= 11 is 0. The molecule has 0 atom stereocenters. The Balaban J connectivity index is 4.12. The lowest BCUT2D eigenvalue weighted by molar-refractivity contribution is -0.104. The number of allylic oxidation sites excluding steroid dienone is 3. The Kier molecular flexibility index (Phi) is 5.15. The van der Waals surface area contributed by atoms with Gasteiger partial charge in [-0.15, -0.1) is 0 Å². The molecule has 0 bridgehead atoms. The van der Waals surface area contributed by atoms with Gasteiger partial charge in [-0.1, -0.05) is 6.08 Å². The van der Waals surface area contributed by atoms with E-state index in [4.69, 9.17) is 10.0 Å². The Morgan fingerprint density at radius 3 is 2.55 bits per heavy atom. The van der Waals surface area contributed by atoms with E-state index in [1.54, 1.807) is 13.2 Å². The molecule has 0 aliphatic carbocycles. The van der Waals surface area contributed by atoms with Crippen molar-refractivity contribution < 1.29 is 14.8 Å². The highest BCUT2D eigenvalue weighted by Gasteiger charge is 2.11. The van der Waals surface area contributed by atoms with Gasteiger partial charge in [0, 0.05) is 12.5 Å². The highest BCUT2D eigenvalue weighted by Crippen LogP contribution is 1.90. The second-order valence-electron chi connectivity index (χ2n) is 1.81. The first-order chi connectivity index (χ1) is 5.22. The second-order valence-corrected chi connectivity index (χ2v) is 1.81. The van der Waals surface area contributed by atoms with Gasteiger partial charge in [0.2, 0.25) is 0 Å². The molecule has 0 saturated carbocycles. The molecule has 0 spiro atoms. The second kappa shape index (κ2) is 5.70. The number of carbonyl (C=O) groups excluding carboxylic acids is 1. The molecule has 0 aliphatic rings.